The molecule has 1 amide bonds. The molecule has 1 N–H and O–H groups in total. The lowest BCUT2D eigenvalue weighted by molar-refractivity contribution is -0.384. The molecule has 0 atom stereocenters. The van der Waals surface area contributed by atoms with E-state index >= 15 is 0 Å². The van der Waals surface area contributed by atoms with Crippen LogP contribution < -0.4 is 5.32 Å². The van der Waals surface area contributed by atoms with Gasteiger partial charge in [0.15, 0.2) is 0 Å². The van der Waals surface area contributed by atoms with Crippen LogP contribution in [0.15, 0.2) is 60.7 Å². The summed E-state index contributed by atoms with van der Waals surface area (Å²) in [7, 11) is 0. The van der Waals surface area contributed by atoms with Crippen molar-refractivity contribution >= 4 is 50.4 Å². The second-order valence-electron chi connectivity index (χ2n) is 6.34. The van der Waals surface area contributed by atoms with Crippen molar-refractivity contribution < 1.29 is 9.72 Å². The quantitative estimate of drug-likeness (QED) is 0.318. The Kier molecular flexibility index (Phi) is 5.00. The molecule has 0 saturated carbocycles. The SMILES string of the molecule is Cc1c(NC(=O)c2ccc([N+](=O)[O-])cc2Cl)cccc1-c1nc2ccccc2s1. The van der Waals surface area contributed by atoms with Crippen molar-refractivity contribution in [1.29, 1.82) is 0 Å². The number of benzene rings is 3. The number of fused-ring (bicyclic) bond motifs is 1. The molecule has 0 fully saturated rings. The third kappa shape index (κ3) is 3.70. The second-order valence-corrected chi connectivity index (χ2v) is 7.78. The number of nitrogens with one attached hydrogen (secondary N) is 1. The molecule has 0 aliphatic carbocycles. The molecule has 4 rings (SSSR count). The van der Waals surface area contributed by atoms with Gasteiger partial charge in [0.1, 0.15) is 5.01 Å². The maximum atomic E-state index is 12.7. The van der Waals surface area contributed by atoms with Crippen LogP contribution in [-0.2, 0) is 0 Å². The molecule has 0 radical (unpaired) electrons. The molecule has 0 saturated heterocycles. The van der Waals surface area contributed by atoms with E-state index in [1.54, 1.807) is 17.4 Å². The highest BCUT2D eigenvalue weighted by atomic mass is 35.5. The smallest absolute Gasteiger partial charge is 0.270 e. The molecule has 29 heavy (non-hydrogen) atoms. The number of amides is 1. The van der Waals surface area contributed by atoms with Crippen LogP contribution in [0.1, 0.15) is 15.9 Å². The second kappa shape index (κ2) is 7.62. The molecule has 0 unspecified atom stereocenters. The minimum Gasteiger partial charge on any atom is -0.322 e. The van der Waals surface area contributed by atoms with Crippen molar-refractivity contribution in [3.8, 4) is 10.6 Å². The summed E-state index contributed by atoms with van der Waals surface area (Å²) in [6, 6.07) is 17.3. The van der Waals surface area contributed by atoms with E-state index in [9.17, 15) is 14.9 Å². The van der Waals surface area contributed by atoms with Crippen molar-refractivity contribution in [2.75, 3.05) is 5.32 Å². The van der Waals surface area contributed by atoms with E-state index in [1.807, 2.05) is 43.3 Å². The first kappa shape index (κ1) is 19.0. The normalized spacial score (nSPS) is 10.8. The molecule has 0 spiro atoms. The van der Waals surface area contributed by atoms with E-state index in [-0.39, 0.29) is 16.3 Å². The Balaban J connectivity index is 1.65. The number of nitro benzene ring substituents is 1. The summed E-state index contributed by atoms with van der Waals surface area (Å²) in [5, 5.41) is 14.6. The fraction of sp³-hybridized carbons (Fsp3) is 0.0476. The highest BCUT2D eigenvalue weighted by Gasteiger charge is 2.17. The zero-order valence-electron chi connectivity index (χ0n) is 15.2. The molecule has 0 aliphatic heterocycles. The first-order valence-electron chi connectivity index (χ1n) is 8.65. The number of hydrogen-bond donors (Lipinski definition) is 1. The van der Waals surface area contributed by atoms with Gasteiger partial charge in [-0.05, 0) is 36.8 Å². The summed E-state index contributed by atoms with van der Waals surface area (Å²) in [6.45, 7) is 1.91. The number of para-hydroxylation sites is 1. The third-order valence-electron chi connectivity index (χ3n) is 4.51. The summed E-state index contributed by atoms with van der Waals surface area (Å²) in [5.41, 5.74) is 3.36. The summed E-state index contributed by atoms with van der Waals surface area (Å²) in [6.07, 6.45) is 0. The van der Waals surface area contributed by atoms with Crippen LogP contribution in [0.25, 0.3) is 20.8 Å². The number of nitrogens with zero attached hydrogens (tertiary/aromatic N) is 2. The number of halogens is 1. The van der Waals surface area contributed by atoms with Gasteiger partial charge in [-0.2, -0.15) is 0 Å². The monoisotopic (exact) mass is 423 g/mol. The topological polar surface area (TPSA) is 85.1 Å². The zero-order valence-corrected chi connectivity index (χ0v) is 16.8. The van der Waals surface area contributed by atoms with Crippen LogP contribution >= 0.6 is 22.9 Å². The molecule has 4 aromatic rings. The summed E-state index contributed by atoms with van der Waals surface area (Å²) in [5.74, 6) is -0.436. The summed E-state index contributed by atoms with van der Waals surface area (Å²) in [4.78, 5) is 27.7. The third-order valence-corrected chi connectivity index (χ3v) is 5.90. The van der Waals surface area contributed by atoms with Crippen LogP contribution in [-0.4, -0.2) is 15.8 Å². The number of non-ortho nitro benzene ring substituents is 1. The number of anilines is 1. The molecule has 8 heteroatoms. The lowest BCUT2D eigenvalue weighted by Crippen LogP contribution is -2.13. The lowest BCUT2D eigenvalue weighted by Gasteiger charge is -2.12. The maximum Gasteiger partial charge on any atom is 0.270 e. The van der Waals surface area contributed by atoms with Crippen molar-refractivity contribution in [1.82, 2.24) is 4.98 Å². The standard InChI is InChI=1S/C21H14ClN3O3S/c1-12-14(21-24-18-6-2-3-8-19(18)29-21)5-4-7-17(12)23-20(26)15-10-9-13(25(27)28)11-16(15)22/h2-11H,1H3,(H,23,26). The van der Waals surface area contributed by atoms with Gasteiger partial charge in [0.25, 0.3) is 11.6 Å². The van der Waals surface area contributed by atoms with Gasteiger partial charge in [0.05, 0.1) is 25.7 Å². The average Bonchev–Trinajstić information content (AvgIpc) is 3.13. The molecule has 6 nitrogen and oxygen atoms in total. The van der Waals surface area contributed by atoms with Crippen LogP contribution in [0, 0.1) is 17.0 Å². The highest BCUT2D eigenvalue weighted by Crippen LogP contribution is 2.34. The molecule has 3 aromatic carbocycles. The minimum atomic E-state index is -0.556. The molecular weight excluding hydrogens is 410 g/mol. The Morgan fingerprint density at radius 1 is 1.14 bits per heavy atom. The summed E-state index contributed by atoms with van der Waals surface area (Å²) < 4.78 is 1.09. The number of carbonyl (C=O) groups is 1. The van der Waals surface area contributed by atoms with Gasteiger partial charge in [-0.3, -0.25) is 14.9 Å². The van der Waals surface area contributed by atoms with E-state index in [0.29, 0.717) is 5.69 Å². The number of nitro groups is 1. The van der Waals surface area contributed by atoms with Gasteiger partial charge in [0, 0.05) is 23.4 Å². The van der Waals surface area contributed by atoms with E-state index < -0.39 is 10.8 Å². The van der Waals surface area contributed by atoms with Crippen LogP contribution in [0.2, 0.25) is 5.02 Å². The first-order valence-corrected chi connectivity index (χ1v) is 9.84. The van der Waals surface area contributed by atoms with Crippen LogP contribution in [0.4, 0.5) is 11.4 Å². The largest absolute Gasteiger partial charge is 0.322 e. The van der Waals surface area contributed by atoms with Crippen LogP contribution in [0.5, 0.6) is 0 Å². The van der Waals surface area contributed by atoms with Crippen LogP contribution in [0.3, 0.4) is 0 Å². The van der Waals surface area contributed by atoms with E-state index in [2.05, 4.69) is 10.3 Å². The van der Waals surface area contributed by atoms with Gasteiger partial charge < -0.3 is 5.32 Å². The maximum absolute atomic E-state index is 12.7. The minimum absolute atomic E-state index is 0.0247. The molecule has 0 aliphatic rings. The number of aromatic nitrogens is 1. The molecule has 0 bridgehead atoms. The Hall–Kier alpha value is -3.29. The Morgan fingerprint density at radius 2 is 1.93 bits per heavy atom. The average molecular weight is 424 g/mol. The van der Waals surface area contributed by atoms with Crippen molar-refractivity contribution in [2.24, 2.45) is 0 Å². The lowest BCUT2D eigenvalue weighted by atomic mass is 10.1. The fourth-order valence-corrected chi connectivity index (χ4v) is 4.29. The predicted octanol–water partition coefficient (Wildman–Crippen LogP) is 6.09. The van der Waals surface area contributed by atoms with Gasteiger partial charge in [-0.1, -0.05) is 35.9 Å². The Labute approximate surface area is 174 Å². The fourth-order valence-electron chi connectivity index (χ4n) is 2.98. The van der Waals surface area contributed by atoms with E-state index in [4.69, 9.17) is 11.6 Å². The molecular formula is C21H14ClN3O3S. The number of carbonyl (C=O) groups excluding carboxylic acids is 1. The Morgan fingerprint density at radius 3 is 2.66 bits per heavy atom. The molecule has 144 valence electrons. The number of hydrogen-bond acceptors (Lipinski definition) is 5. The first-order chi connectivity index (χ1) is 13.9. The number of rotatable bonds is 4. The van der Waals surface area contributed by atoms with E-state index in [0.717, 1.165) is 26.4 Å². The summed E-state index contributed by atoms with van der Waals surface area (Å²) >= 11 is 7.66. The highest BCUT2D eigenvalue weighted by molar-refractivity contribution is 7.21. The van der Waals surface area contributed by atoms with Gasteiger partial charge >= 0.3 is 0 Å². The van der Waals surface area contributed by atoms with Gasteiger partial charge in [0.2, 0.25) is 0 Å². The predicted molar refractivity (Wildman–Crippen MR) is 116 cm³/mol. The Bertz CT molecular complexity index is 1240. The number of thiazole rings is 1. The van der Waals surface area contributed by atoms with Gasteiger partial charge in [-0.15, -0.1) is 11.3 Å². The van der Waals surface area contributed by atoms with Gasteiger partial charge in [-0.25, -0.2) is 4.98 Å². The van der Waals surface area contributed by atoms with E-state index in [1.165, 1.54) is 18.2 Å². The van der Waals surface area contributed by atoms with Crippen molar-refractivity contribution in [3.63, 3.8) is 0 Å². The van der Waals surface area contributed by atoms with Crippen molar-refractivity contribution in [3.05, 3.63) is 86.9 Å². The zero-order chi connectivity index (χ0) is 20.5. The molecule has 1 aromatic heterocycles. The molecule has 1 heterocycles. The van der Waals surface area contributed by atoms with Crippen molar-refractivity contribution in [2.45, 2.75) is 6.92 Å².